The van der Waals surface area contributed by atoms with Crippen LogP contribution >= 0.6 is 0 Å². The molecule has 0 bridgehead atoms. The van der Waals surface area contributed by atoms with Crippen LogP contribution in [0.2, 0.25) is 0 Å². The Morgan fingerprint density at radius 2 is 1.70 bits per heavy atom. The molecule has 190 valence electrons. The van der Waals surface area contributed by atoms with Crippen molar-refractivity contribution in [2.45, 2.75) is 26.3 Å². The number of anilines is 1. The zero-order chi connectivity index (χ0) is 26.9. The van der Waals surface area contributed by atoms with E-state index in [0.29, 0.717) is 22.6 Å². The summed E-state index contributed by atoms with van der Waals surface area (Å²) in [6.07, 6.45) is 0.0537. The smallest absolute Gasteiger partial charge is 0.309 e. The number of aryl methyl sites for hydroxylation is 2. The third-order valence-electron chi connectivity index (χ3n) is 6.30. The number of rotatable bonds is 6. The summed E-state index contributed by atoms with van der Waals surface area (Å²) in [6.45, 7) is 3.67. The molecule has 3 aromatic carbocycles. The van der Waals surface area contributed by atoms with Crippen molar-refractivity contribution in [3.05, 3.63) is 94.1 Å². The molecule has 0 spiro atoms. The van der Waals surface area contributed by atoms with Crippen LogP contribution < -0.4 is 9.64 Å². The molecular formula is C29H27NO7. The number of hydrogen-bond donors (Lipinski definition) is 2. The van der Waals surface area contributed by atoms with Gasteiger partial charge < -0.3 is 19.7 Å². The van der Waals surface area contributed by atoms with Crippen LogP contribution in [0.4, 0.5) is 5.69 Å². The predicted molar refractivity (Wildman–Crippen MR) is 138 cm³/mol. The minimum atomic E-state index is -1.02. The van der Waals surface area contributed by atoms with E-state index in [9.17, 15) is 24.6 Å². The second-order valence-electron chi connectivity index (χ2n) is 8.85. The summed E-state index contributed by atoms with van der Waals surface area (Å²) in [7, 11) is 2.77. The number of carbonyl (C=O) groups excluding carboxylic acids is 3. The Labute approximate surface area is 214 Å². The van der Waals surface area contributed by atoms with Crippen molar-refractivity contribution < 1.29 is 34.1 Å². The number of carbonyl (C=O) groups is 3. The number of aliphatic hydroxyl groups excluding tert-OH is 1. The molecule has 2 N–H and O–H groups in total. The Balaban J connectivity index is 1.92. The monoisotopic (exact) mass is 501 g/mol. The fourth-order valence-electron chi connectivity index (χ4n) is 4.67. The molecule has 1 aliphatic rings. The molecule has 4 rings (SSSR count). The Morgan fingerprint density at radius 1 is 1.00 bits per heavy atom. The number of esters is 1. The number of phenols is 1. The molecule has 1 amide bonds. The molecule has 1 fully saturated rings. The highest BCUT2D eigenvalue weighted by Gasteiger charge is 2.47. The largest absolute Gasteiger partial charge is 0.508 e. The average molecular weight is 502 g/mol. The normalized spacial score (nSPS) is 16.6. The minimum Gasteiger partial charge on any atom is -0.508 e. The van der Waals surface area contributed by atoms with Crippen molar-refractivity contribution in [1.29, 1.82) is 0 Å². The summed E-state index contributed by atoms with van der Waals surface area (Å²) in [5, 5.41) is 21.7. The predicted octanol–water partition coefficient (Wildman–Crippen LogP) is 4.36. The summed E-state index contributed by atoms with van der Waals surface area (Å²) < 4.78 is 10.2. The number of methoxy groups -OCH3 is 2. The van der Waals surface area contributed by atoms with Crippen molar-refractivity contribution in [2.24, 2.45) is 0 Å². The topological polar surface area (TPSA) is 113 Å². The lowest BCUT2D eigenvalue weighted by Gasteiger charge is -2.26. The number of ketones is 1. The van der Waals surface area contributed by atoms with E-state index in [1.807, 2.05) is 19.9 Å². The van der Waals surface area contributed by atoms with E-state index < -0.39 is 23.7 Å². The summed E-state index contributed by atoms with van der Waals surface area (Å²) >= 11 is 0. The first kappa shape index (κ1) is 25.5. The van der Waals surface area contributed by atoms with Crippen molar-refractivity contribution in [2.75, 3.05) is 19.1 Å². The number of ether oxygens (including phenoxy) is 2. The molecule has 1 heterocycles. The second-order valence-corrected chi connectivity index (χ2v) is 8.85. The van der Waals surface area contributed by atoms with Gasteiger partial charge in [0.05, 0.1) is 37.8 Å². The van der Waals surface area contributed by atoms with E-state index in [-0.39, 0.29) is 29.1 Å². The van der Waals surface area contributed by atoms with E-state index in [1.54, 1.807) is 42.5 Å². The molecule has 37 heavy (non-hydrogen) atoms. The number of aliphatic hydroxyl groups is 1. The molecule has 1 atom stereocenters. The van der Waals surface area contributed by atoms with Gasteiger partial charge in [-0.05, 0) is 66.4 Å². The number of hydrogen-bond acceptors (Lipinski definition) is 7. The Hall–Kier alpha value is -4.59. The first-order valence-electron chi connectivity index (χ1n) is 11.6. The molecule has 0 radical (unpaired) electrons. The van der Waals surface area contributed by atoms with Crippen LogP contribution in [0.3, 0.4) is 0 Å². The van der Waals surface area contributed by atoms with Gasteiger partial charge >= 0.3 is 5.97 Å². The van der Waals surface area contributed by atoms with Crippen LogP contribution in [-0.2, 0) is 25.5 Å². The SMILES string of the molecule is COC(=O)Cc1ccc(N2C(=O)C(=O)/C(=C(/O)c3cc(C)cc(C)c3OC)C2c2cccc(O)c2)cc1. The van der Waals surface area contributed by atoms with Crippen molar-refractivity contribution in [3.8, 4) is 11.5 Å². The highest BCUT2D eigenvalue weighted by atomic mass is 16.5. The van der Waals surface area contributed by atoms with Gasteiger partial charge in [-0.2, -0.15) is 0 Å². The first-order chi connectivity index (χ1) is 17.7. The van der Waals surface area contributed by atoms with E-state index in [2.05, 4.69) is 0 Å². The van der Waals surface area contributed by atoms with Gasteiger partial charge in [-0.3, -0.25) is 19.3 Å². The van der Waals surface area contributed by atoms with E-state index in [4.69, 9.17) is 9.47 Å². The average Bonchev–Trinajstić information content (AvgIpc) is 3.14. The van der Waals surface area contributed by atoms with Gasteiger partial charge in [-0.25, -0.2) is 0 Å². The quantitative estimate of drug-likeness (QED) is 0.223. The lowest BCUT2D eigenvalue weighted by molar-refractivity contribution is -0.139. The van der Waals surface area contributed by atoms with Crippen LogP contribution in [-0.4, -0.2) is 42.1 Å². The fraction of sp³-hybridized carbons (Fsp3) is 0.207. The van der Waals surface area contributed by atoms with Crippen LogP contribution in [0.15, 0.2) is 66.2 Å². The lowest BCUT2D eigenvalue weighted by Crippen LogP contribution is -2.29. The third-order valence-corrected chi connectivity index (χ3v) is 6.30. The molecule has 8 nitrogen and oxygen atoms in total. The standard InChI is InChI=1S/C29H27NO7/c1-16-12-17(2)28(37-4)22(13-16)26(33)24-25(19-6-5-7-21(31)15-19)30(29(35)27(24)34)20-10-8-18(9-11-20)14-23(32)36-3/h5-13,15,25,31,33H,14H2,1-4H3/b26-24+. The molecule has 0 aromatic heterocycles. The maximum Gasteiger partial charge on any atom is 0.309 e. The number of amides is 1. The molecule has 3 aromatic rings. The maximum absolute atomic E-state index is 13.4. The van der Waals surface area contributed by atoms with E-state index in [0.717, 1.165) is 11.1 Å². The molecule has 0 saturated carbocycles. The van der Waals surface area contributed by atoms with Gasteiger partial charge in [0, 0.05) is 5.69 Å². The molecular weight excluding hydrogens is 474 g/mol. The van der Waals surface area contributed by atoms with Crippen LogP contribution in [0, 0.1) is 13.8 Å². The first-order valence-corrected chi connectivity index (χ1v) is 11.6. The molecule has 8 heteroatoms. The molecule has 1 aliphatic heterocycles. The molecule has 1 unspecified atom stereocenters. The van der Waals surface area contributed by atoms with Gasteiger partial charge in [-0.15, -0.1) is 0 Å². The summed E-state index contributed by atoms with van der Waals surface area (Å²) in [5.41, 5.74) is 3.24. The summed E-state index contributed by atoms with van der Waals surface area (Å²) in [4.78, 5) is 39.7. The molecule has 0 aliphatic carbocycles. The fourth-order valence-corrected chi connectivity index (χ4v) is 4.67. The van der Waals surface area contributed by atoms with Gasteiger partial charge in [-0.1, -0.05) is 30.3 Å². The Morgan fingerprint density at radius 3 is 2.32 bits per heavy atom. The Bertz CT molecular complexity index is 1420. The van der Waals surface area contributed by atoms with Crippen molar-refractivity contribution in [3.63, 3.8) is 0 Å². The maximum atomic E-state index is 13.4. The zero-order valence-electron chi connectivity index (χ0n) is 20.9. The number of benzene rings is 3. The van der Waals surface area contributed by atoms with Crippen molar-refractivity contribution in [1.82, 2.24) is 0 Å². The highest BCUT2D eigenvalue weighted by molar-refractivity contribution is 6.51. The molecule has 1 saturated heterocycles. The zero-order valence-corrected chi connectivity index (χ0v) is 20.9. The number of phenolic OH excluding ortho intramolecular Hbond substituents is 1. The van der Waals surface area contributed by atoms with Crippen LogP contribution in [0.5, 0.6) is 11.5 Å². The highest BCUT2D eigenvalue weighted by Crippen LogP contribution is 2.44. The van der Waals surface area contributed by atoms with E-state index >= 15 is 0 Å². The van der Waals surface area contributed by atoms with Crippen LogP contribution in [0.25, 0.3) is 5.76 Å². The Kier molecular flexibility index (Phi) is 7.02. The van der Waals surface area contributed by atoms with Crippen molar-refractivity contribution >= 4 is 29.1 Å². The third kappa shape index (κ3) is 4.78. The summed E-state index contributed by atoms with van der Waals surface area (Å²) in [6, 6.07) is 15.3. The lowest BCUT2D eigenvalue weighted by atomic mass is 9.93. The number of aromatic hydroxyl groups is 1. The minimum absolute atomic E-state index is 0.0537. The second kappa shape index (κ2) is 10.2. The van der Waals surface area contributed by atoms with Gasteiger partial charge in [0.25, 0.3) is 11.7 Å². The number of nitrogens with zero attached hydrogens (tertiary/aromatic N) is 1. The van der Waals surface area contributed by atoms with E-state index in [1.165, 1.54) is 31.3 Å². The number of Topliss-reactive ketones (excluding diaryl/α,β-unsaturated/α-hetero) is 1. The van der Waals surface area contributed by atoms with Gasteiger partial charge in [0.1, 0.15) is 17.3 Å². The van der Waals surface area contributed by atoms with Gasteiger partial charge in [0.15, 0.2) is 0 Å². The van der Waals surface area contributed by atoms with Crippen LogP contribution in [0.1, 0.15) is 33.9 Å². The summed E-state index contributed by atoms with van der Waals surface area (Å²) in [5.74, 6) is -2.16. The van der Waals surface area contributed by atoms with Gasteiger partial charge in [0.2, 0.25) is 0 Å².